The van der Waals surface area contributed by atoms with Gasteiger partial charge in [0.15, 0.2) is 5.78 Å². The van der Waals surface area contributed by atoms with Gasteiger partial charge in [0, 0.05) is 10.4 Å². The summed E-state index contributed by atoms with van der Waals surface area (Å²) in [6, 6.07) is 12.6. The number of Topliss-reactive ketones (excluding diaryl/α,β-unsaturated/α-hetero) is 1. The second kappa shape index (κ2) is 8.56. The second-order valence-corrected chi connectivity index (χ2v) is 9.43. The maximum absolute atomic E-state index is 13.6. The lowest BCUT2D eigenvalue weighted by molar-refractivity contribution is 0.0971. The van der Waals surface area contributed by atoms with Crippen LogP contribution in [0.1, 0.15) is 46.1 Å². The number of aryl methyl sites for hydroxylation is 3. The lowest BCUT2D eigenvalue weighted by atomic mass is 9.97. The Kier molecular flexibility index (Phi) is 5.58. The van der Waals surface area contributed by atoms with E-state index in [0.29, 0.717) is 21.5 Å². The molecule has 0 radical (unpaired) electrons. The smallest absolute Gasteiger partial charge is 0.292 e. The van der Waals surface area contributed by atoms with E-state index in [2.05, 4.69) is 0 Å². The number of carbonyl (C=O) groups excluding carboxylic acids is 1. The van der Waals surface area contributed by atoms with Crippen LogP contribution in [0.15, 0.2) is 58.1 Å². The fraction of sp³-hybridized carbons (Fsp3) is 0.269. The molecule has 168 valence electrons. The van der Waals surface area contributed by atoms with Crippen molar-refractivity contribution in [3.05, 3.63) is 96.8 Å². The summed E-state index contributed by atoms with van der Waals surface area (Å²) in [4.78, 5) is 41.9. The third-order valence-electron chi connectivity index (χ3n) is 6.31. The molecule has 0 aliphatic heterocycles. The van der Waals surface area contributed by atoms with Gasteiger partial charge in [0.25, 0.3) is 5.56 Å². The van der Waals surface area contributed by atoms with Crippen molar-refractivity contribution in [2.75, 3.05) is 0 Å². The topological polar surface area (TPSA) is 61.1 Å². The molecular formula is C26H23FN2O3S. The predicted octanol–water partition coefficient (Wildman–Crippen LogP) is 4.68. The fourth-order valence-electron chi connectivity index (χ4n) is 4.49. The van der Waals surface area contributed by atoms with Gasteiger partial charge >= 0.3 is 5.69 Å². The molecule has 2 aromatic heterocycles. The highest BCUT2D eigenvalue weighted by Crippen LogP contribution is 2.34. The van der Waals surface area contributed by atoms with Crippen molar-refractivity contribution in [3.8, 4) is 5.69 Å². The molecule has 2 heterocycles. The minimum Gasteiger partial charge on any atom is -0.292 e. The monoisotopic (exact) mass is 462 g/mol. The van der Waals surface area contributed by atoms with E-state index in [1.807, 2.05) is 19.1 Å². The number of halogens is 1. The number of carbonyl (C=O) groups is 1. The second-order valence-electron chi connectivity index (χ2n) is 8.35. The summed E-state index contributed by atoms with van der Waals surface area (Å²) in [7, 11) is 0. The summed E-state index contributed by atoms with van der Waals surface area (Å²) in [5.41, 5.74) is 2.06. The van der Waals surface area contributed by atoms with Gasteiger partial charge in [-0.05, 0) is 79.6 Å². The Hall–Kier alpha value is -3.32. The van der Waals surface area contributed by atoms with Crippen LogP contribution >= 0.6 is 11.3 Å². The van der Waals surface area contributed by atoms with Gasteiger partial charge in [0.1, 0.15) is 10.6 Å². The van der Waals surface area contributed by atoms with Crippen LogP contribution < -0.4 is 11.2 Å². The summed E-state index contributed by atoms with van der Waals surface area (Å²) < 4.78 is 15.9. The van der Waals surface area contributed by atoms with Gasteiger partial charge in [0.2, 0.25) is 0 Å². The quantitative estimate of drug-likeness (QED) is 0.405. The van der Waals surface area contributed by atoms with Gasteiger partial charge in [-0.15, -0.1) is 11.3 Å². The van der Waals surface area contributed by atoms with E-state index in [9.17, 15) is 18.8 Å². The third kappa shape index (κ3) is 3.76. The number of hydrogen-bond acceptors (Lipinski definition) is 4. The van der Waals surface area contributed by atoms with Gasteiger partial charge in [-0.25, -0.2) is 13.8 Å². The lowest BCUT2D eigenvalue weighted by Crippen LogP contribution is -2.40. The van der Waals surface area contributed by atoms with Crippen LogP contribution in [0, 0.1) is 5.82 Å². The van der Waals surface area contributed by atoms with Crippen molar-refractivity contribution in [1.82, 2.24) is 9.13 Å². The molecule has 0 unspecified atom stereocenters. The Balaban J connectivity index is 1.73. The molecule has 7 heteroatoms. The molecule has 4 aromatic rings. The number of nitrogens with zero attached hydrogens (tertiary/aromatic N) is 2. The molecule has 0 spiro atoms. The van der Waals surface area contributed by atoms with Crippen molar-refractivity contribution >= 4 is 27.3 Å². The normalized spacial score (nSPS) is 13.3. The van der Waals surface area contributed by atoms with Crippen molar-refractivity contribution in [2.45, 2.75) is 45.6 Å². The summed E-state index contributed by atoms with van der Waals surface area (Å²) >= 11 is 1.44. The van der Waals surface area contributed by atoms with Crippen LogP contribution in [0.3, 0.4) is 0 Å². The van der Waals surface area contributed by atoms with Crippen LogP contribution in [0.5, 0.6) is 0 Å². The number of rotatable bonds is 5. The number of aromatic nitrogens is 2. The largest absolute Gasteiger partial charge is 0.337 e. The zero-order valence-corrected chi connectivity index (χ0v) is 19.1. The first-order valence-electron chi connectivity index (χ1n) is 11.2. The molecule has 0 amide bonds. The standard InChI is InChI=1S/C26H23FN2O3S/c1-2-16-7-13-19(14-8-16)29-24(31)23-20-5-3-4-6-22(20)33-25(23)28(26(29)32)15-21(30)17-9-11-18(27)12-10-17/h7-14H,2-6,15H2,1H3. The molecular weight excluding hydrogens is 439 g/mol. The van der Waals surface area contributed by atoms with Crippen molar-refractivity contribution in [2.24, 2.45) is 0 Å². The van der Waals surface area contributed by atoms with Gasteiger partial charge in [-0.2, -0.15) is 0 Å². The Labute approximate surface area is 193 Å². The minimum atomic E-state index is -0.536. The summed E-state index contributed by atoms with van der Waals surface area (Å²) in [6.45, 7) is 1.83. The Morgan fingerprint density at radius 2 is 1.70 bits per heavy atom. The molecule has 33 heavy (non-hydrogen) atoms. The van der Waals surface area contributed by atoms with E-state index < -0.39 is 11.5 Å². The van der Waals surface area contributed by atoms with Crippen LogP contribution in [-0.2, 0) is 25.8 Å². The number of ketones is 1. The highest BCUT2D eigenvalue weighted by atomic mass is 32.1. The Bertz CT molecular complexity index is 1480. The molecule has 0 saturated carbocycles. The van der Waals surface area contributed by atoms with Gasteiger partial charge in [0.05, 0.1) is 17.6 Å². The molecule has 1 aliphatic rings. The molecule has 0 bridgehead atoms. The maximum atomic E-state index is 13.6. The van der Waals surface area contributed by atoms with E-state index >= 15 is 0 Å². The van der Waals surface area contributed by atoms with Gasteiger partial charge in [-0.3, -0.25) is 14.2 Å². The Morgan fingerprint density at radius 1 is 1.00 bits per heavy atom. The zero-order valence-electron chi connectivity index (χ0n) is 18.3. The fourth-order valence-corrected chi connectivity index (χ4v) is 5.86. The molecule has 5 rings (SSSR count). The summed E-state index contributed by atoms with van der Waals surface area (Å²) in [5.74, 6) is -0.739. The number of thiophene rings is 1. The first-order valence-corrected chi connectivity index (χ1v) is 12.0. The average molecular weight is 463 g/mol. The van der Waals surface area contributed by atoms with Crippen molar-refractivity contribution in [3.63, 3.8) is 0 Å². The van der Waals surface area contributed by atoms with Crippen LogP contribution in [0.25, 0.3) is 15.9 Å². The van der Waals surface area contributed by atoms with Crippen LogP contribution in [-0.4, -0.2) is 14.9 Å². The molecule has 0 N–H and O–H groups in total. The molecule has 0 saturated heterocycles. The van der Waals surface area contributed by atoms with E-state index in [1.54, 1.807) is 12.1 Å². The average Bonchev–Trinajstić information content (AvgIpc) is 3.22. The van der Waals surface area contributed by atoms with Crippen LogP contribution in [0.2, 0.25) is 0 Å². The molecule has 0 fully saturated rings. The van der Waals surface area contributed by atoms with E-state index in [-0.39, 0.29) is 17.9 Å². The molecule has 5 nitrogen and oxygen atoms in total. The first-order chi connectivity index (χ1) is 16.0. The van der Waals surface area contributed by atoms with Crippen LogP contribution in [0.4, 0.5) is 4.39 Å². The number of fused-ring (bicyclic) bond motifs is 3. The van der Waals surface area contributed by atoms with Crippen molar-refractivity contribution in [1.29, 1.82) is 0 Å². The number of hydrogen-bond donors (Lipinski definition) is 0. The zero-order chi connectivity index (χ0) is 23.1. The highest BCUT2D eigenvalue weighted by molar-refractivity contribution is 7.18. The summed E-state index contributed by atoms with van der Waals surface area (Å²) in [6.07, 6.45) is 4.56. The number of benzene rings is 2. The van der Waals surface area contributed by atoms with Gasteiger partial charge < -0.3 is 0 Å². The Morgan fingerprint density at radius 3 is 2.39 bits per heavy atom. The third-order valence-corrected chi connectivity index (χ3v) is 7.62. The van der Waals surface area contributed by atoms with E-state index in [4.69, 9.17) is 0 Å². The van der Waals surface area contributed by atoms with Gasteiger partial charge in [-0.1, -0.05) is 19.1 Å². The predicted molar refractivity (Wildman–Crippen MR) is 128 cm³/mol. The first kappa shape index (κ1) is 21.5. The molecule has 2 aromatic carbocycles. The van der Waals surface area contributed by atoms with Crippen molar-refractivity contribution < 1.29 is 9.18 Å². The lowest BCUT2D eigenvalue weighted by Gasteiger charge is -2.13. The molecule has 1 aliphatic carbocycles. The van der Waals surface area contributed by atoms with E-state index in [1.165, 1.54) is 44.7 Å². The highest BCUT2D eigenvalue weighted by Gasteiger charge is 2.25. The minimum absolute atomic E-state index is 0.215. The molecule has 0 atom stereocenters. The maximum Gasteiger partial charge on any atom is 0.337 e. The SMILES string of the molecule is CCc1ccc(-n2c(=O)c3c4c(sc3n(CC(=O)c3ccc(F)cc3)c2=O)CCCC4)cc1. The summed E-state index contributed by atoms with van der Waals surface area (Å²) in [5, 5.41) is 0.542. The van der Waals surface area contributed by atoms with E-state index in [0.717, 1.165) is 48.1 Å².